The minimum atomic E-state index is -1.07. The third kappa shape index (κ3) is 3.58. The van der Waals surface area contributed by atoms with Gasteiger partial charge in [0.15, 0.2) is 0 Å². The van der Waals surface area contributed by atoms with Crippen molar-refractivity contribution in [3.63, 3.8) is 0 Å². The van der Waals surface area contributed by atoms with Gasteiger partial charge in [0.05, 0.1) is 37.6 Å². The standard InChI is InChI=1S/C21H23FN4O3/c1-13(20-10-26(25-24-20)21-5-7-28-12-18(21)22)29-15-2-3-19-17(8-15)16-4-6-27-11-14(16)9-23-19/h2-3,8-10,13,18,21H,4-7,11-12H2,1H3/t13-,18+,21-/m1/s1. The number of aromatic nitrogens is 4. The van der Waals surface area contributed by atoms with E-state index in [1.54, 1.807) is 10.9 Å². The van der Waals surface area contributed by atoms with Crippen molar-refractivity contribution in [1.29, 1.82) is 0 Å². The maximum atomic E-state index is 14.1. The fourth-order valence-electron chi connectivity index (χ4n) is 4.01. The number of alkyl halides is 1. The molecule has 3 aromatic rings. The molecule has 8 heteroatoms. The van der Waals surface area contributed by atoms with E-state index in [1.807, 2.05) is 31.3 Å². The van der Waals surface area contributed by atoms with Crippen LogP contribution in [0.3, 0.4) is 0 Å². The highest BCUT2D eigenvalue weighted by Gasteiger charge is 2.28. The predicted molar refractivity (Wildman–Crippen MR) is 104 cm³/mol. The van der Waals surface area contributed by atoms with Crippen LogP contribution in [0.15, 0.2) is 30.6 Å². The molecule has 7 nitrogen and oxygen atoms in total. The maximum absolute atomic E-state index is 14.1. The van der Waals surface area contributed by atoms with Crippen LogP contribution in [0, 0.1) is 0 Å². The summed E-state index contributed by atoms with van der Waals surface area (Å²) >= 11 is 0. The van der Waals surface area contributed by atoms with Crippen LogP contribution in [0.2, 0.25) is 0 Å². The molecule has 0 N–H and O–H groups in total. The number of hydrogen-bond acceptors (Lipinski definition) is 6. The van der Waals surface area contributed by atoms with Crippen molar-refractivity contribution in [3.8, 4) is 5.75 Å². The molecule has 0 saturated carbocycles. The van der Waals surface area contributed by atoms with Gasteiger partial charge in [-0.05, 0) is 49.1 Å². The summed E-state index contributed by atoms with van der Waals surface area (Å²) in [7, 11) is 0. The Morgan fingerprint density at radius 2 is 2.21 bits per heavy atom. The third-order valence-corrected chi connectivity index (χ3v) is 5.64. The molecule has 2 aliphatic heterocycles. The number of ether oxygens (including phenoxy) is 3. The Morgan fingerprint density at radius 3 is 3.10 bits per heavy atom. The van der Waals surface area contributed by atoms with Crippen molar-refractivity contribution in [3.05, 3.63) is 47.4 Å². The van der Waals surface area contributed by atoms with Crippen molar-refractivity contribution in [1.82, 2.24) is 20.0 Å². The SMILES string of the molecule is C[C@@H](Oc1ccc2ncc3c(c2c1)CCOC3)c1cn([C@@H]2CCOC[C@@H]2F)nn1. The Hall–Kier alpha value is -2.58. The Balaban J connectivity index is 1.37. The van der Waals surface area contributed by atoms with E-state index in [0.717, 1.165) is 35.2 Å². The van der Waals surface area contributed by atoms with E-state index in [1.165, 1.54) is 5.56 Å². The third-order valence-electron chi connectivity index (χ3n) is 5.64. The fraction of sp³-hybridized carbons (Fsp3) is 0.476. The minimum absolute atomic E-state index is 0.104. The number of halogens is 1. The van der Waals surface area contributed by atoms with E-state index in [4.69, 9.17) is 14.2 Å². The second-order valence-electron chi connectivity index (χ2n) is 7.57. The van der Waals surface area contributed by atoms with Crippen molar-refractivity contribution in [2.45, 2.75) is 44.7 Å². The number of benzene rings is 1. The molecule has 0 amide bonds. The number of rotatable bonds is 4. The van der Waals surface area contributed by atoms with Gasteiger partial charge in [-0.3, -0.25) is 4.98 Å². The molecule has 152 valence electrons. The van der Waals surface area contributed by atoms with Gasteiger partial charge in [-0.15, -0.1) is 5.10 Å². The molecule has 0 radical (unpaired) electrons. The fourth-order valence-corrected chi connectivity index (χ4v) is 4.01. The average molecular weight is 398 g/mol. The summed E-state index contributed by atoms with van der Waals surface area (Å²) in [6.07, 6.45) is 3.75. The normalized spacial score (nSPS) is 23.0. The average Bonchev–Trinajstić information content (AvgIpc) is 3.24. The summed E-state index contributed by atoms with van der Waals surface area (Å²) in [4.78, 5) is 4.53. The molecule has 3 atom stereocenters. The van der Waals surface area contributed by atoms with E-state index in [0.29, 0.717) is 25.3 Å². The number of hydrogen-bond donors (Lipinski definition) is 0. The highest BCUT2D eigenvalue weighted by molar-refractivity contribution is 5.84. The smallest absolute Gasteiger partial charge is 0.146 e. The Morgan fingerprint density at radius 1 is 1.28 bits per heavy atom. The molecule has 0 aliphatic carbocycles. The molecule has 1 saturated heterocycles. The Labute approximate surface area is 167 Å². The van der Waals surface area contributed by atoms with Crippen LogP contribution in [0.1, 0.15) is 42.3 Å². The first-order valence-electron chi connectivity index (χ1n) is 9.97. The number of fused-ring (bicyclic) bond motifs is 3. The van der Waals surface area contributed by atoms with Crippen LogP contribution in [-0.2, 0) is 22.5 Å². The summed E-state index contributed by atoms with van der Waals surface area (Å²) in [5.74, 6) is 0.746. The summed E-state index contributed by atoms with van der Waals surface area (Å²) in [6, 6.07) is 5.58. The summed E-state index contributed by atoms with van der Waals surface area (Å²) in [5.41, 5.74) is 4.03. The molecular formula is C21H23FN4O3. The van der Waals surface area contributed by atoms with Gasteiger partial charge in [0.1, 0.15) is 23.7 Å². The monoisotopic (exact) mass is 398 g/mol. The van der Waals surface area contributed by atoms with Crippen molar-refractivity contribution >= 4 is 10.9 Å². The zero-order chi connectivity index (χ0) is 19.8. The second-order valence-corrected chi connectivity index (χ2v) is 7.57. The van der Waals surface area contributed by atoms with Gasteiger partial charge in [0.25, 0.3) is 0 Å². The van der Waals surface area contributed by atoms with Gasteiger partial charge in [-0.2, -0.15) is 0 Å². The topological polar surface area (TPSA) is 71.3 Å². The van der Waals surface area contributed by atoms with E-state index < -0.39 is 6.17 Å². The van der Waals surface area contributed by atoms with Crippen LogP contribution in [-0.4, -0.2) is 46.0 Å². The zero-order valence-electron chi connectivity index (χ0n) is 16.3. The van der Waals surface area contributed by atoms with Crippen LogP contribution >= 0.6 is 0 Å². The van der Waals surface area contributed by atoms with E-state index in [9.17, 15) is 4.39 Å². The number of pyridine rings is 1. The van der Waals surface area contributed by atoms with Crippen LogP contribution in [0.5, 0.6) is 5.75 Å². The molecule has 29 heavy (non-hydrogen) atoms. The van der Waals surface area contributed by atoms with Gasteiger partial charge >= 0.3 is 0 Å². The Bertz CT molecular complexity index is 1020. The lowest BCUT2D eigenvalue weighted by Gasteiger charge is -2.25. The van der Waals surface area contributed by atoms with Gasteiger partial charge in [-0.25, -0.2) is 9.07 Å². The van der Waals surface area contributed by atoms with Crippen molar-refractivity contribution in [2.24, 2.45) is 0 Å². The summed E-state index contributed by atoms with van der Waals surface area (Å²) in [5, 5.41) is 9.43. The van der Waals surface area contributed by atoms with Crippen LogP contribution < -0.4 is 4.74 Å². The van der Waals surface area contributed by atoms with E-state index >= 15 is 0 Å². The van der Waals surface area contributed by atoms with Gasteiger partial charge in [0, 0.05) is 18.2 Å². The molecule has 5 rings (SSSR count). The predicted octanol–water partition coefficient (Wildman–Crippen LogP) is 3.34. The first kappa shape index (κ1) is 18.4. The molecule has 2 aliphatic rings. The molecule has 1 fully saturated rings. The highest BCUT2D eigenvalue weighted by atomic mass is 19.1. The lowest BCUT2D eigenvalue weighted by molar-refractivity contribution is -0.000653. The van der Waals surface area contributed by atoms with Crippen molar-refractivity contribution < 1.29 is 18.6 Å². The number of nitrogens with zero attached hydrogens (tertiary/aromatic N) is 4. The summed E-state index contributed by atoms with van der Waals surface area (Å²) in [6.45, 7) is 3.88. The van der Waals surface area contributed by atoms with Gasteiger partial charge in [-0.1, -0.05) is 5.21 Å². The second kappa shape index (κ2) is 7.68. The molecule has 1 aromatic carbocycles. The van der Waals surface area contributed by atoms with E-state index in [-0.39, 0.29) is 18.8 Å². The molecule has 4 heterocycles. The first-order valence-corrected chi connectivity index (χ1v) is 9.97. The Kier molecular flexibility index (Phi) is 4.89. The van der Waals surface area contributed by atoms with E-state index in [2.05, 4.69) is 15.3 Å². The largest absolute Gasteiger partial charge is 0.484 e. The molecule has 0 bridgehead atoms. The first-order chi connectivity index (χ1) is 14.2. The summed E-state index contributed by atoms with van der Waals surface area (Å²) < 4.78 is 32.6. The van der Waals surface area contributed by atoms with Crippen LogP contribution in [0.25, 0.3) is 10.9 Å². The molecular weight excluding hydrogens is 375 g/mol. The molecule has 2 aromatic heterocycles. The molecule has 0 unspecified atom stereocenters. The van der Waals surface area contributed by atoms with Crippen molar-refractivity contribution in [2.75, 3.05) is 19.8 Å². The molecule has 0 spiro atoms. The van der Waals surface area contributed by atoms with Gasteiger partial charge < -0.3 is 14.2 Å². The van der Waals surface area contributed by atoms with Crippen LogP contribution in [0.4, 0.5) is 4.39 Å². The quantitative estimate of drug-likeness (QED) is 0.671. The lowest BCUT2D eigenvalue weighted by atomic mass is 10.00. The maximum Gasteiger partial charge on any atom is 0.146 e. The zero-order valence-corrected chi connectivity index (χ0v) is 16.3. The highest BCUT2D eigenvalue weighted by Crippen LogP contribution is 2.30. The lowest BCUT2D eigenvalue weighted by Crippen LogP contribution is -2.31. The minimum Gasteiger partial charge on any atom is -0.484 e. The van der Waals surface area contributed by atoms with Gasteiger partial charge in [0.2, 0.25) is 0 Å².